The van der Waals surface area contributed by atoms with Crippen molar-refractivity contribution in [3.05, 3.63) is 76.9 Å². The van der Waals surface area contributed by atoms with Gasteiger partial charge in [0, 0.05) is 29.0 Å². The normalized spacial score (nSPS) is 20.7. The van der Waals surface area contributed by atoms with E-state index in [-0.39, 0.29) is 25.7 Å². The lowest BCUT2D eigenvalue weighted by molar-refractivity contribution is 0.130. The fourth-order valence-electron chi connectivity index (χ4n) is 5.73. The average Bonchev–Trinajstić information content (AvgIpc) is 3.73. The second-order valence-electron chi connectivity index (χ2n) is 11.5. The van der Waals surface area contributed by atoms with E-state index in [1.807, 2.05) is 6.92 Å². The summed E-state index contributed by atoms with van der Waals surface area (Å²) < 4.78 is 39.9. The molecular weight excluding hydrogens is 526 g/mol. The van der Waals surface area contributed by atoms with Crippen LogP contribution in [0.4, 0.5) is 19.5 Å². The van der Waals surface area contributed by atoms with Gasteiger partial charge < -0.3 is 14.4 Å². The first kappa shape index (κ1) is 27.2. The Balaban J connectivity index is 1.38. The number of anilines is 1. The lowest BCUT2D eigenvalue weighted by atomic mass is 9.96. The summed E-state index contributed by atoms with van der Waals surface area (Å²) in [5.74, 6) is 0.818. The Kier molecular flexibility index (Phi) is 6.91. The van der Waals surface area contributed by atoms with Gasteiger partial charge in [0.05, 0.1) is 38.5 Å². The first-order valence-corrected chi connectivity index (χ1v) is 14.0. The molecule has 0 bridgehead atoms. The minimum atomic E-state index is -0.929. The van der Waals surface area contributed by atoms with E-state index in [0.29, 0.717) is 45.6 Å². The number of allylic oxidation sites excluding steroid dienone is 1. The predicted molar refractivity (Wildman–Crippen MR) is 153 cm³/mol. The number of amides is 1. The first-order chi connectivity index (χ1) is 19.6. The van der Waals surface area contributed by atoms with Crippen molar-refractivity contribution in [2.24, 2.45) is 0 Å². The van der Waals surface area contributed by atoms with Crippen LogP contribution in [-0.4, -0.2) is 53.4 Å². The van der Waals surface area contributed by atoms with E-state index in [9.17, 15) is 13.6 Å². The van der Waals surface area contributed by atoms with E-state index in [2.05, 4.69) is 36.7 Å². The van der Waals surface area contributed by atoms with Crippen LogP contribution in [0.3, 0.4) is 0 Å². The van der Waals surface area contributed by atoms with Gasteiger partial charge in [0.1, 0.15) is 23.8 Å². The molecule has 6 rings (SSSR count). The van der Waals surface area contributed by atoms with E-state index < -0.39 is 24.2 Å². The molecule has 0 N–H and O–H groups in total. The summed E-state index contributed by atoms with van der Waals surface area (Å²) in [5, 5.41) is 0. The molecule has 1 aromatic heterocycles. The fraction of sp³-hybridized carbons (Fsp3) is 0.406. The van der Waals surface area contributed by atoms with Crippen LogP contribution < -0.4 is 9.64 Å². The topological polar surface area (TPSA) is 67.8 Å². The van der Waals surface area contributed by atoms with Gasteiger partial charge in [-0.2, -0.15) is 0 Å². The molecule has 3 aromatic rings. The maximum atomic E-state index is 14.8. The van der Waals surface area contributed by atoms with Crippen molar-refractivity contribution in [1.82, 2.24) is 14.9 Å². The molecule has 41 heavy (non-hydrogen) atoms. The zero-order valence-electron chi connectivity index (χ0n) is 23.8. The van der Waals surface area contributed by atoms with Crippen molar-refractivity contribution < 1.29 is 23.0 Å². The zero-order chi connectivity index (χ0) is 29.0. The third-order valence-corrected chi connectivity index (χ3v) is 8.23. The molecule has 0 radical (unpaired) electrons. The molecule has 3 fully saturated rings. The average molecular weight is 561 g/mol. The number of nitrogens with zero attached hydrogens (tertiary/aromatic N) is 4. The molecule has 2 atom stereocenters. The number of hydrogen-bond acceptors (Lipinski definition) is 6. The highest BCUT2D eigenvalue weighted by Crippen LogP contribution is 2.43. The van der Waals surface area contributed by atoms with Gasteiger partial charge >= 0.3 is 6.09 Å². The first-order valence-electron chi connectivity index (χ1n) is 14.0. The molecule has 3 heterocycles. The quantitative estimate of drug-likeness (QED) is 0.304. The van der Waals surface area contributed by atoms with Gasteiger partial charge in [0.25, 0.3) is 0 Å². The van der Waals surface area contributed by atoms with Crippen molar-refractivity contribution in [1.29, 1.82) is 0 Å². The molecule has 1 saturated carbocycles. The number of aromatic nitrogens is 2. The number of benzene rings is 2. The Morgan fingerprint density at radius 1 is 1.15 bits per heavy atom. The van der Waals surface area contributed by atoms with Crippen LogP contribution >= 0.6 is 0 Å². The number of aryl methyl sites for hydroxylation is 1. The second-order valence-corrected chi connectivity index (χ2v) is 11.5. The standard InChI is InChI=1S/C32H34F2N4O3/c1-17(2)24-11-25(29(40-5)12-27(24)34)26-13-35-31(37-14-23(33)15-37)36-28(26)16-38-19(4)30(41-32(38)39)22-9-18(3)8-21(10-22)20-6-7-20/h8-13,19-20,23,30H,1,6-7,14-16H2,2-5H3/t19-,30-/m0/s1. The summed E-state index contributed by atoms with van der Waals surface area (Å²) in [4.78, 5) is 26.0. The molecule has 3 aliphatic rings. The number of hydrogen-bond donors (Lipinski definition) is 0. The van der Waals surface area contributed by atoms with Crippen LogP contribution in [0.2, 0.25) is 0 Å². The Morgan fingerprint density at radius 3 is 2.54 bits per heavy atom. The number of halogens is 2. The highest BCUT2D eigenvalue weighted by molar-refractivity contribution is 5.78. The molecule has 214 valence electrons. The number of ether oxygens (including phenoxy) is 2. The monoisotopic (exact) mass is 560 g/mol. The molecule has 7 nitrogen and oxygen atoms in total. The summed E-state index contributed by atoms with van der Waals surface area (Å²) in [6, 6.07) is 9.16. The van der Waals surface area contributed by atoms with Crippen LogP contribution in [0.1, 0.15) is 66.7 Å². The number of methoxy groups -OCH3 is 1. The summed E-state index contributed by atoms with van der Waals surface area (Å²) in [5.41, 5.74) is 6.02. The summed E-state index contributed by atoms with van der Waals surface area (Å²) in [6.07, 6.45) is 2.21. The van der Waals surface area contributed by atoms with Crippen LogP contribution in [-0.2, 0) is 11.3 Å². The molecule has 2 aromatic carbocycles. The summed E-state index contributed by atoms with van der Waals surface area (Å²) in [7, 11) is 1.47. The number of cyclic esters (lactones) is 1. The molecule has 1 amide bonds. The van der Waals surface area contributed by atoms with Gasteiger partial charge in [-0.05, 0) is 62.3 Å². The van der Waals surface area contributed by atoms with Crippen LogP contribution in [0.15, 0.2) is 43.1 Å². The number of rotatable bonds is 8. The molecule has 9 heteroatoms. The largest absolute Gasteiger partial charge is 0.496 e. The Hall–Kier alpha value is -4.01. The lowest BCUT2D eigenvalue weighted by Crippen LogP contribution is -2.49. The SMILES string of the molecule is C=C(C)c1cc(-c2cnc(N3CC(F)C3)nc2CN2C(=O)O[C@H](c3cc(C)cc(C4CC4)c3)[C@@H]2C)c(OC)cc1F. The molecule has 0 unspecified atom stereocenters. The highest BCUT2D eigenvalue weighted by atomic mass is 19.1. The van der Waals surface area contributed by atoms with Crippen molar-refractivity contribution in [2.75, 3.05) is 25.1 Å². The van der Waals surface area contributed by atoms with Gasteiger partial charge in [-0.3, -0.25) is 4.90 Å². The Bertz CT molecular complexity index is 1530. The highest BCUT2D eigenvalue weighted by Gasteiger charge is 2.41. The smallest absolute Gasteiger partial charge is 0.411 e. The third kappa shape index (κ3) is 5.13. The molecule has 2 saturated heterocycles. The van der Waals surface area contributed by atoms with Gasteiger partial charge in [0.2, 0.25) is 5.95 Å². The van der Waals surface area contributed by atoms with Gasteiger partial charge in [-0.1, -0.05) is 30.3 Å². The zero-order valence-corrected chi connectivity index (χ0v) is 23.8. The Morgan fingerprint density at radius 2 is 1.88 bits per heavy atom. The van der Waals surface area contributed by atoms with Crippen molar-refractivity contribution in [3.8, 4) is 16.9 Å². The number of carbonyl (C=O) groups excluding carboxylic acids is 1. The lowest BCUT2D eigenvalue weighted by Gasteiger charge is -2.34. The Labute approximate surface area is 238 Å². The predicted octanol–water partition coefficient (Wildman–Crippen LogP) is 6.75. The maximum Gasteiger partial charge on any atom is 0.411 e. The summed E-state index contributed by atoms with van der Waals surface area (Å²) in [6.45, 7) is 10.2. The molecule has 0 spiro atoms. The molecular formula is C32H34F2N4O3. The number of alkyl halides is 1. The van der Waals surface area contributed by atoms with E-state index in [1.165, 1.54) is 31.6 Å². The van der Waals surface area contributed by atoms with Crippen molar-refractivity contribution in [2.45, 2.75) is 64.4 Å². The van der Waals surface area contributed by atoms with Gasteiger partial charge in [-0.25, -0.2) is 23.5 Å². The van der Waals surface area contributed by atoms with Crippen molar-refractivity contribution in [3.63, 3.8) is 0 Å². The van der Waals surface area contributed by atoms with E-state index in [0.717, 1.165) is 11.1 Å². The molecule has 1 aliphatic carbocycles. The van der Waals surface area contributed by atoms with E-state index >= 15 is 0 Å². The second kappa shape index (κ2) is 10.4. The summed E-state index contributed by atoms with van der Waals surface area (Å²) >= 11 is 0. The van der Waals surface area contributed by atoms with Crippen LogP contribution in [0.25, 0.3) is 16.7 Å². The number of carbonyl (C=O) groups is 1. The minimum absolute atomic E-state index is 0.123. The fourth-order valence-corrected chi connectivity index (χ4v) is 5.73. The van der Waals surface area contributed by atoms with Crippen LogP contribution in [0.5, 0.6) is 5.75 Å². The van der Waals surface area contributed by atoms with E-state index in [1.54, 1.807) is 29.0 Å². The maximum absolute atomic E-state index is 14.8. The van der Waals surface area contributed by atoms with Crippen molar-refractivity contribution >= 4 is 17.6 Å². The minimum Gasteiger partial charge on any atom is -0.496 e. The van der Waals surface area contributed by atoms with Gasteiger partial charge in [0.15, 0.2) is 0 Å². The molecule has 2 aliphatic heterocycles. The van der Waals surface area contributed by atoms with Gasteiger partial charge in [-0.15, -0.1) is 0 Å². The van der Waals surface area contributed by atoms with Crippen LogP contribution in [0, 0.1) is 12.7 Å². The van der Waals surface area contributed by atoms with E-state index in [4.69, 9.17) is 14.5 Å². The third-order valence-electron chi connectivity index (χ3n) is 8.23.